The average molecular weight is 367 g/mol. The van der Waals surface area contributed by atoms with Gasteiger partial charge in [0, 0.05) is 16.1 Å². The predicted octanol–water partition coefficient (Wildman–Crippen LogP) is 3.77. The summed E-state index contributed by atoms with van der Waals surface area (Å²) in [5, 5.41) is 0. The first-order valence-electron chi connectivity index (χ1n) is 6.64. The highest BCUT2D eigenvalue weighted by atomic mass is 79.9. The summed E-state index contributed by atoms with van der Waals surface area (Å²) in [6.07, 6.45) is 0. The smallest absolute Gasteiger partial charge is 0.231 e. The monoisotopic (exact) mass is 366 g/mol. The molecule has 0 radical (unpaired) electrons. The minimum atomic E-state index is 0.248. The average Bonchev–Trinajstić information content (AvgIpc) is 2.99. The van der Waals surface area contributed by atoms with Crippen LogP contribution in [0.5, 0.6) is 28.7 Å². The first-order valence-corrected chi connectivity index (χ1v) is 7.43. The largest absolute Gasteiger partial charge is 0.497 e. The molecule has 0 spiro atoms. The maximum absolute atomic E-state index is 5.85. The molecule has 0 saturated carbocycles. The van der Waals surface area contributed by atoms with Crippen molar-refractivity contribution in [1.82, 2.24) is 0 Å². The van der Waals surface area contributed by atoms with Crippen molar-refractivity contribution < 1.29 is 23.7 Å². The lowest BCUT2D eigenvalue weighted by Gasteiger charge is -2.13. The zero-order valence-electron chi connectivity index (χ0n) is 12.2. The van der Waals surface area contributed by atoms with Crippen molar-refractivity contribution in [3.05, 3.63) is 40.4 Å². The van der Waals surface area contributed by atoms with Crippen molar-refractivity contribution in [2.24, 2.45) is 0 Å². The van der Waals surface area contributed by atoms with Crippen LogP contribution in [0.2, 0.25) is 0 Å². The van der Waals surface area contributed by atoms with Gasteiger partial charge in [0.2, 0.25) is 6.79 Å². The minimum absolute atomic E-state index is 0.248. The number of benzene rings is 2. The third-order valence-corrected chi connectivity index (χ3v) is 4.03. The van der Waals surface area contributed by atoms with Gasteiger partial charge in [0.15, 0.2) is 23.0 Å². The van der Waals surface area contributed by atoms with E-state index in [0.29, 0.717) is 23.9 Å². The lowest BCUT2D eigenvalue weighted by atomic mass is 10.2. The Hall–Kier alpha value is -2.08. The summed E-state index contributed by atoms with van der Waals surface area (Å²) in [5.74, 6) is 3.44. The van der Waals surface area contributed by atoms with E-state index in [1.165, 1.54) is 0 Å². The molecular weight excluding hydrogens is 352 g/mol. The molecule has 3 rings (SSSR count). The molecule has 22 heavy (non-hydrogen) atoms. The van der Waals surface area contributed by atoms with Gasteiger partial charge in [-0.25, -0.2) is 0 Å². The zero-order chi connectivity index (χ0) is 15.5. The third-order valence-electron chi connectivity index (χ3n) is 3.30. The second kappa shape index (κ2) is 6.36. The molecule has 0 amide bonds. The molecule has 1 aliphatic heterocycles. The molecule has 1 aliphatic rings. The van der Waals surface area contributed by atoms with Gasteiger partial charge in [-0.1, -0.05) is 15.9 Å². The van der Waals surface area contributed by atoms with E-state index in [1.54, 1.807) is 20.3 Å². The van der Waals surface area contributed by atoms with Gasteiger partial charge in [0.1, 0.15) is 12.4 Å². The SMILES string of the molecule is COc1ccc(OCc2cc3c(cc2Br)OCO3)c(OC)c1. The molecule has 2 aromatic carbocycles. The molecule has 0 aromatic heterocycles. The molecule has 0 saturated heterocycles. The van der Waals surface area contributed by atoms with Crippen LogP contribution < -0.4 is 23.7 Å². The van der Waals surface area contributed by atoms with Crippen LogP contribution in [0.3, 0.4) is 0 Å². The van der Waals surface area contributed by atoms with Gasteiger partial charge in [0.05, 0.1) is 14.2 Å². The predicted molar refractivity (Wildman–Crippen MR) is 84.1 cm³/mol. The normalized spacial score (nSPS) is 12.1. The summed E-state index contributed by atoms with van der Waals surface area (Å²) in [6.45, 7) is 0.623. The Balaban J connectivity index is 1.78. The summed E-state index contributed by atoms with van der Waals surface area (Å²) in [4.78, 5) is 0. The number of fused-ring (bicyclic) bond motifs is 1. The second-order valence-corrected chi connectivity index (χ2v) is 5.46. The van der Waals surface area contributed by atoms with Gasteiger partial charge in [-0.2, -0.15) is 0 Å². The Bertz CT molecular complexity index is 686. The Morgan fingerprint density at radius 1 is 1.00 bits per heavy atom. The molecule has 0 aliphatic carbocycles. The summed E-state index contributed by atoms with van der Waals surface area (Å²) >= 11 is 3.52. The number of halogens is 1. The van der Waals surface area contributed by atoms with E-state index in [-0.39, 0.29) is 6.79 Å². The Kier molecular flexibility index (Phi) is 4.29. The second-order valence-electron chi connectivity index (χ2n) is 4.60. The summed E-state index contributed by atoms with van der Waals surface area (Å²) in [7, 11) is 3.21. The number of rotatable bonds is 5. The van der Waals surface area contributed by atoms with Crippen molar-refractivity contribution in [2.45, 2.75) is 6.61 Å². The van der Waals surface area contributed by atoms with Crippen molar-refractivity contribution in [2.75, 3.05) is 21.0 Å². The lowest BCUT2D eigenvalue weighted by molar-refractivity contribution is 0.174. The van der Waals surface area contributed by atoms with Crippen LogP contribution in [-0.4, -0.2) is 21.0 Å². The lowest BCUT2D eigenvalue weighted by Crippen LogP contribution is -1.99. The van der Waals surface area contributed by atoms with Crippen LogP contribution in [0.15, 0.2) is 34.8 Å². The van der Waals surface area contributed by atoms with Gasteiger partial charge in [-0.05, 0) is 24.3 Å². The van der Waals surface area contributed by atoms with E-state index >= 15 is 0 Å². The Morgan fingerprint density at radius 3 is 2.50 bits per heavy atom. The van der Waals surface area contributed by atoms with Gasteiger partial charge in [-0.15, -0.1) is 0 Å². The molecular formula is C16H15BrO5. The summed E-state index contributed by atoms with van der Waals surface area (Å²) in [5.41, 5.74) is 0.960. The molecule has 5 nitrogen and oxygen atoms in total. The number of hydrogen-bond donors (Lipinski definition) is 0. The quantitative estimate of drug-likeness (QED) is 0.805. The Morgan fingerprint density at radius 2 is 1.77 bits per heavy atom. The van der Waals surface area contributed by atoms with Crippen molar-refractivity contribution in [3.63, 3.8) is 0 Å². The van der Waals surface area contributed by atoms with E-state index < -0.39 is 0 Å². The number of ether oxygens (including phenoxy) is 5. The number of methoxy groups -OCH3 is 2. The van der Waals surface area contributed by atoms with Crippen LogP contribution in [0.25, 0.3) is 0 Å². The van der Waals surface area contributed by atoms with Crippen LogP contribution in [0.1, 0.15) is 5.56 Å². The van der Waals surface area contributed by atoms with E-state index in [9.17, 15) is 0 Å². The van der Waals surface area contributed by atoms with Gasteiger partial charge < -0.3 is 23.7 Å². The van der Waals surface area contributed by atoms with Crippen molar-refractivity contribution >= 4 is 15.9 Å². The molecule has 116 valence electrons. The van der Waals surface area contributed by atoms with E-state index in [0.717, 1.165) is 21.5 Å². The number of hydrogen-bond acceptors (Lipinski definition) is 5. The highest BCUT2D eigenvalue weighted by Crippen LogP contribution is 2.38. The van der Waals surface area contributed by atoms with Crippen LogP contribution in [-0.2, 0) is 6.61 Å². The van der Waals surface area contributed by atoms with E-state index in [4.69, 9.17) is 23.7 Å². The molecule has 0 bridgehead atoms. The molecule has 2 aromatic rings. The molecule has 1 heterocycles. The first kappa shape index (κ1) is 14.8. The fourth-order valence-electron chi connectivity index (χ4n) is 2.12. The van der Waals surface area contributed by atoms with Gasteiger partial charge in [0.25, 0.3) is 0 Å². The van der Waals surface area contributed by atoms with Crippen molar-refractivity contribution in [1.29, 1.82) is 0 Å². The molecule has 0 unspecified atom stereocenters. The van der Waals surface area contributed by atoms with Crippen LogP contribution in [0.4, 0.5) is 0 Å². The standard InChI is InChI=1S/C16H15BrO5/c1-18-11-3-4-13(14(6-11)19-2)20-8-10-5-15-16(7-12(10)17)22-9-21-15/h3-7H,8-9H2,1-2H3. The summed E-state index contributed by atoms with van der Waals surface area (Å²) in [6, 6.07) is 9.21. The summed E-state index contributed by atoms with van der Waals surface area (Å²) < 4.78 is 28.0. The first-order chi connectivity index (χ1) is 10.7. The van der Waals surface area contributed by atoms with E-state index in [2.05, 4.69) is 15.9 Å². The van der Waals surface area contributed by atoms with Crippen molar-refractivity contribution in [3.8, 4) is 28.7 Å². The molecule has 0 N–H and O–H groups in total. The molecule has 6 heteroatoms. The molecule has 0 atom stereocenters. The van der Waals surface area contributed by atoms with Crippen LogP contribution >= 0.6 is 15.9 Å². The van der Waals surface area contributed by atoms with Crippen LogP contribution in [0, 0.1) is 0 Å². The minimum Gasteiger partial charge on any atom is -0.497 e. The third kappa shape index (κ3) is 2.92. The van der Waals surface area contributed by atoms with E-state index in [1.807, 2.05) is 24.3 Å². The molecule has 0 fully saturated rings. The van der Waals surface area contributed by atoms with Gasteiger partial charge in [-0.3, -0.25) is 0 Å². The highest BCUT2D eigenvalue weighted by Gasteiger charge is 2.17. The maximum Gasteiger partial charge on any atom is 0.231 e. The fourth-order valence-corrected chi connectivity index (χ4v) is 2.56. The van der Waals surface area contributed by atoms with Gasteiger partial charge >= 0.3 is 0 Å². The topological polar surface area (TPSA) is 46.2 Å². The maximum atomic E-state index is 5.85. The zero-order valence-corrected chi connectivity index (χ0v) is 13.8. The fraction of sp³-hybridized carbons (Fsp3) is 0.250. The highest BCUT2D eigenvalue weighted by molar-refractivity contribution is 9.10. The Labute approximate surface area is 136 Å².